The second kappa shape index (κ2) is 8.13. The molecule has 0 radical (unpaired) electrons. The topological polar surface area (TPSA) is 113 Å². The summed E-state index contributed by atoms with van der Waals surface area (Å²) >= 11 is 1.26. The standard InChI is InChI=1S/C14H20N2O7S2/c1-22-11-3-6-24-13(11)14(19)15-4-5-23-10(7-15)8-16(9-12(17)18)25(2,20)21/h3,6,10H,4-5,7-9H2,1-2H3,(H,17,18). The molecule has 9 nitrogen and oxygen atoms in total. The largest absolute Gasteiger partial charge is 0.495 e. The summed E-state index contributed by atoms with van der Waals surface area (Å²) in [5.74, 6) is -0.983. The van der Waals surface area contributed by atoms with E-state index in [4.69, 9.17) is 14.6 Å². The van der Waals surface area contributed by atoms with Gasteiger partial charge in [0.05, 0.1) is 26.1 Å². The van der Waals surface area contributed by atoms with Crippen molar-refractivity contribution in [1.29, 1.82) is 0 Å². The number of morpholine rings is 1. The third-order valence-electron chi connectivity index (χ3n) is 3.66. The number of hydrogen-bond acceptors (Lipinski definition) is 7. The van der Waals surface area contributed by atoms with Crippen LogP contribution in [-0.4, -0.2) is 86.9 Å². The van der Waals surface area contributed by atoms with Crippen LogP contribution in [0, 0.1) is 0 Å². The van der Waals surface area contributed by atoms with Gasteiger partial charge < -0.3 is 19.5 Å². The average Bonchev–Trinajstić information content (AvgIpc) is 3.01. The molecule has 1 unspecified atom stereocenters. The van der Waals surface area contributed by atoms with E-state index in [0.29, 0.717) is 17.2 Å². The van der Waals surface area contributed by atoms with Crippen molar-refractivity contribution in [2.45, 2.75) is 6.10 Å². The van der Waals surface area contributed by atoms with E-state index in [9.17, 15) is 18.0 Å². The molecule has 1 atom stereocenters. The highest BCUT2D eigenvalue weighted by Crippen LogP contribution is 2.26. The lowest BCUT2D eigenvalue weighted by Gasteiger charge is -2.34. The maximum Gasteiger partial charge on any atom is 0.318 e. The Hall–Kier alpha value is -1.69. The molecule has 1 fully saturated rings. The summed E-state index contributed by atoms with van der Waals surface area (Å²) in [5, 5.41) is 10.6. The Morgan fingerprint density at radius 2 is 2.24 bits per heavy atom. The summed E-state index contributed by atoms with van der Waals surface area (Å²) in [7, 11) is -2.22. The zero-order valence-corrected chi connectivity index (χ0v) is 15.5. The molecule has 140 valence electrons. The van der Waals surface area contributed by atoms with Crippen molar-refractivity contribution in [3.05, 3.63) is 16.3 Å². The molecule has 2 heterocycles. The van der Waals surface area contributed by atoms with Crippen molar-refractivity contribution in [3.63, 3.8) is 0 Å². The van der Waals surface area contributed by atoms with Crippen LogP contribution in [0.15, 0.2) is 11.4 Å². The van der Waals surface area contributed by atoms with E-state index in [1.165, 1.54) is 18.4 Å². The first kappa shape index (κ1) is 19.6. The highest BCUT2D eigenvalue weighted by atomic mass is 32.2. The third-order valence-corrected chi connectivity index (χ3v) is 5.76. The monoisotopic (exact) mass is 392 g/mol. The number of aliphatic carboxylic acids is 1. The van der Waals surface area contributed by atoms with E-state index in [1.54, 1.807) is 16.3 Å². The molecule has 1 amide bonds. The molecule has 0 saturated carbocycles. The van der Waals surface area contributed by atoms with E-state index < -0.39 is 28.6 Å². The fourth-order valence-electron chi connectivity index (χ4n) is 2.47. The summed E-state index contributed by atoms with van der Waals surface area (Å²) < 4.78 is 35.0. The number of ether oxygens (including phenoxy) is 2. The van der Waals surface area contributed by atoms with Gasteiger partial charge in [0.25, 0.3) is 5.91 Å². The van der Waals surface area contributed by atoms with Crippen LogP contribution in [0.1, 0.15) is 9.67 Å². The van der Waals surface area contributed by atoms with Crippen LogP contribution in [0.4, 0.5) is 0 Å². The summed E-state index contributed by atoms with van der Waals surface area (Å²) in [6.07, 6.45) is 0.343. The Morgan fingerprint density at radius 1 is 1.52 bits per heavy atom. The molecule has 1 aromatic rings. The zero-order valence-electron chi connectivity index (χ0n) is 13.9. The van der Waals surface area contributed by atoms with Crippen LogP contribution < -0.4 is 4.74 Å². The lowest BCUT2D eigenvalue weighted by atomic mass is 10.2. The van der Waals surface area contributed by atoms with Crippen molar-refractivity contribution >= 4 is 33.2 Å². The third kappa shape index (κ3) is 5.14. The van der Waals surface area contributed by atoms with Crippen LogP contribution in [0.2, 0.25) is 0 Å². The van der Waals surface area contributed by atoms with Gasteiger partial charge in [-0.2, -0.15) is 4.31 Å². The van der Waals surface area contributed by atoms with Gasteiger partial charge in [-0.3, -0.25) is 9.59 Å². The number of hydrogen-bond donors (Lipinski definition) is 1. The molecule has 1 N–H and O–H groups in total. The number of carbonyl (C=O) groups is 2. The Balaban J connectivity index is 2.07. The van der Waals surface area contributed by atoms with E-state index in [1.807, 2.05) is 0 Å². The number of sulfonamides is 1. The zero-order chi connectivity index (χ0) is 18.6. The second-order valence-corrected chi connectivity index (χ2v) is 8.41. The van der Waals surface area contributed by atoms with Crippen LogP contribution >= 0.6 is 11.3 Å². The van der Waals surface area contributed by atoms with Gasteiger partial charge in [-0.25, -0.2) is 8.42 Å². The minimum absolute atomic E-state index is 0.128. The predicted molar refractivity (Wildman–Crippen MR) is 90.6 cm³/mol. The molecule has 25 heavy (non-hydrogen) atoms. The number of carboxylic acids is 1. The fraction of sp³-hybridized carbons (Fsp3) is 0.571. The van der Waals surface area contributed by atoms with Gasteiger partial charge in [-0.15, -0.1) is 11.3 Å². The Kier molecular flexibility index (Phi) is 6.38. The van der Waals surface area contributed by atoms with Gasteiger partial charge >= 0.3 is 5.97 Å². The van der Waals surface area contributed by atoms with Crippen molar-refractivity contribution in [2.24, 2.45) is 0 Å². The Morgan fingerprint density at radius 3 is 2.84 bits per heavy atom. The van der Waals surface area contributed by atoms with Crippen LogP contribution in [0.3, 0.4) is 0 Å². The number of amides is 1. The van der Waals surface area contributed by atoms with E-state index in [-0.39, 0.29) is 25.6 Å². The summed E-state index contributed by atoms with van der Waals surface area (Å²) in [6.45, 7) is 0.0103. The molecule has 0 aromatic carbocycles. The minimum Gasteiger partial charge on any atom is -0.495 e. The molecule has 0 bridgehead atoms. The van der Waals surface area contributed by atoms with E-state index in [2.05, 4.69) is 0 Å². The van der Waals surface area contributed by atoms with Crippen LogP contribution in [-0.2, 0) is 19.6 Å². The molecule has 1 aromatic heterocycles. The smallest absolute Gasteiger partial charge is 0.318 e. The molecule has 1 aliphatic rings. The van der Waals surface area contributed by atoms with Crippen LogP contribution in [0.5, 0.6) is 5.75 Å². The van der Waals surface area contributed by atoms with Gasteiger partial charge in [-0.05, 0) is 11.4 Å². The van der Waals surface area contributed by atoms with E-state index >= 15 is 0 Å². The molecule has 0 aliphatic carbocycles. The maximum absolute atomic E-state index is 12.6. The van der Waals surface area contributed by atoms with Crippen molar-refractivity contribution < 1.29 is 32.6 Å². The van der Waals surface area contributed by atoms with E-state index in [0.717, 1.165) is 10.6 Å². The minimum atomic E-state index is -3.70. The number of nitrogens with zero attached hydrogens (tertiary/aromatic N) is 2. The van der Waals surface area contributed by atoms with Gasteiger partial charge in [-0.1, -0.05) is 0 Å². The highest BCUT2D eigenvalue weighted by molar-refractivity contribution is 7.88. The maximum atomic E-state index is 12.6. The SMILES string of the molecule is COc1ccsc1C(=O)N1CCOC(CN(CC(=O)O)S(C)(=O)=O)C1. The predicted octanol–water partition coefficient (Wildman–Crippen LogP) is -0.0561. The molecule has 2 rings (SSSR count). The first-order valence-corrected chi connectivity index (χ1v) is 10.1. The highest BCUT2D eigenvalue weighted by Gasteiger charge is 2.31. The van der Waals surface area contributed by atoms with Crippen molar-refractivity contribution in [2.75, 3.05) is 46.2 Å². The molecule has 0 spiro atoms. The van der Waals surface area contributed by atoms with Gasteiger partial charge in [0.2, 0.25) is 10.0 Å². The van der Waals surface area contributed by atoms with Gasteiger partial charge in [0.15, 0.2) is 0 Å². The first-order valence-electron chi connectivity index (χ1n) is 7.41. The van der Waals surface area contributed by atoms with Crippen LogP contribution in [0.25, 0.3) is 0 Å². The van der Waals surface area contributed by atoms with Crippen molar-refractivity contribution in [1.82, 2.24) is 9.21 Å². The van der Waals surface area contributed by atoms with Gasteiger partial charge in [0.1, 0.15) is 17.2 Å². The summed E-state index contributed by atoms with van der Waals surface area (Å²) in [6, 6.07) is 1.70. The quantitative estimate of drug-likeness (QED) is 0.692. The second-order valence-electron chi connectivity index (χ2n) is 5.51. The summed E-state index contributed by atoms with van der Waals surface area (Å²) in [5.41, 5.74) is 0. The normalized spacial score (nSPS) is 18.4. The molecule has 1 aliphatic heterocycles. The lowest BCUT2D eigenvalue weighted by molar-refractivity contribution is -0.137. The Labute approximate surface area is 149 Å². The fourth-order valence-corrected chi connectivity index (χ4v) is 4.07. The summed E-state index contributed by atoms with van der Waals surface area (Å²) in [4.78, 5) is 25.5. The molecular formula is C14H20N2O7S2. The molecule has 1 saturated heterocycles. The number of carboxylic acid groups (broad SMARTS) is 1. The van der Waals surface area contributed by atoms with Crippen molar-refractivity contribution in [3.8, 4) is 5.75 Å². The lowest BCUT2D eigenvalue weighted by Crippen LogP contribution is -2.51. The first-order chi connectivity index (χ1) is 11.7. The number of carbonyl (C=O) groups excluding carboxylic acids is 1. The number of thiophene rings is 1. The number of methoxy groups -OCH3 is 1. The number of rotatable bonds is 7. The average molecular weight is 392 g/mol. The van der Waals surface area contributed by atoms with Gasteiger partial charge in [0, 0.05) is 19.6 Å². The molecule has 11 heteroatoms. The molecular weight excluding hydrogens is 372 g/mol. The Bertz CT molecular complexity index is 731.